The van der Waals surface area contributed by atoms with E-state index in [1.54, 1.807) is 6.20 Å². The van der Waals surface area contributed by atoms with Crippen LogP contribution in [-0.4, -0.2) is 14.7 Å². The number of hydrogen-bond acceptors (Lipinski definition) is 2. The van der Waals surface area contributed by atoms with Crippen molar-refractivity contribution < 1.29 is 5.11 Å². The Balaban J connectivity index is 2.12. The Labute approximate surface area is 118 Å². The quantitative estimate of drug-likeness (QED) is 0.790. The average Bonchev–Trinajstić information content (AvgIpc) is 2.81. The predicted octanol–water partition coefficient (Wildman–Crippen LogP) is 3.19. The van der Waals surface area contributed by atoms with E-state index in [-0.39, 0.29) is 6.61 Å². The summed E-state index contributed by atoms with van der Waals surface area (Å²) in [6, 6.07) is 10.3. The molecule has 0 saturated carbocycles. The summed E-state index contributed by atoms with van der Waals surface area (Å²) in [5, 5.41) is 10.5. The molecular weight excluding hydrogens is 248 g/mol. The lowest BCUT2D eigenvalue weighted by Gasteiger charge is -2.11. The summed E-state index contributed by atoms with van der Waals surface area (Å²) in [4.78, 5) is 4.46. The van der Waals surface area contributed by atoms with Gasteiger partial charge in [0.2, 0.25) is 0 Å². The molecule has 1 N–H and O–H groups in total. The van der Waals surface area contributed by atoms with Gasteiger partial charge in [-0.25, -0.2) is 4.98 Å². The van der Waals surface area contributed by atoms with E-state index in [2.05, 4.69) is 41.6 Å². The van der Waals surface area contributed by atoms with Crippen LogP contribution in [0.25, 0.3) is 11.0 Å². The van der Waals surface area contributed by atoms with Crippen LogP contribution >= 0.6 is 0 Å². The summed E-state index contributed by atoms with van der Waals surface area (Å²) in [5.74, 6) is 0. The number of nitrogens with zero attached hydrogens (tertiary/aromatic N) is 2. The van der Waals surface area contributed by atoms with Gasteiger partial charge in [-0.05, 0) is 42.7 Å². The van der Waals surface area contributed by atoms with Crippen molar-refractivity contribution in [2.45, 2.75) is 27.0 Å². The van der Waals surface area contributed by atoms with E-state index in [0.717, 1.165) is 23.1 Å². The van der Waals surface area contributed by atoms with Gasteiger partial charge in [0, 0.05) is 29.9 Å². The number of benzene rings is 1. The van der Waals surface area contributed by atoms with E-state index >= 15 is 0 Å². The molecule has 2 aromatic heterocycles. The Morgan fingerprint density at radius 3 is 2.55 bits per heavy atom. The van der Waals surface area contributed by atoms with Crippen LogP contribution in [0.5, 0.6) is 0 Å². The highest BCUT2D eigenvalue weighted by atomic mass is 16.3. The van der Waals surface area contributed by atoms with Crippen molar-refractivity contribution in [3.63, 3.8) is 0 Å². The zero-order valence-electron chi connectivity index (χ0n) is 11.8. The van der Waals surface area contributed by atoms with E-state index in [4.69, 9.17) is 0 Å². The Bertz CT molecular complexity index is 739. The van der Waals surface area contributed by atoms with Gasteiger partial charge in [0.1, 0.15) is 5.65 Å². The Morgan fingerprint density at radius 2 is 1.85 bits per heavy atom. The molecule has 0 amide bonds. The van der Waals surface area contributed by atoms with Gasteiger partial charge in [-0.15, -0.1) is 0 Å². The minimum absolute atomic E-state index is 0.0436. The van der Waals surface area contributed by atoms with Crippen LogP contribution in [0.2, 0.25) is 0 Å². The SMILES string of the molecule is Cc1cccc(C)c1Cn1cc(CO)c2cccnc21. The third kappa shape index (κ3) is 2.10. The van der Waals surface area contributed by atoms with Crippen LogP contribution in [0.15, 0.2) is 42.7 Å². The fourth-order valence-electron chi connectivity index (χ4n) is 2.71. The molecule has 2 heterocycles. The molecule has 102 valence electrons. The second-order valence-electron chi connectivity index (χ2n) is 5.19. The summed E-state index contributed by atoms with van der Waals surface area (Å²) < 4.78 is 2.12. The lowest BCUT2D eigenvalue weighted by atomic mass is 10.0. The van der Waals surface area contributed by atoms with Crippen molar-refractivity contribution in [3.05, 3.63) is 65.0 Å². The van der Waals surface area contributed by atoms with Crippen LogP contribution < -0.4 is 0 Å². The molecule has 20 heavy (non-hydrogen) atoms. The standard InChI is InChI=1S/C17H18N2O/c1-12-5-3-6-13(2)16(12)10-19-9-14(11-20)15-7-4-8-18-17(15)19/h3-9,20H,10-11H2,1-2H3. The Hall–Kier alpha value is -2.13. The topological polar surface area (TPSA) is 38.0 Å². The zero-order chi connectivity index (χ0) is 14.1. The largest absolute Gasteiger partial charge is 0.392 e. The lowest BCUT2D eigenvalue weighted by Crippen LogP contribution is -2.03. The molecule has 3 aromatic rings. The third-order valence-electron chi connectivity index (χ3n) is 3.86. The smallest absolute Gasteiger partial charge is 0.140 e. The fourth-order valence-corrected chi connectivity index (χ4v) is 2.71. The van der Waals surface area contributed by atoms with Gasteiger partial charge in [-0.1, -0.05) is 18.2 Å². The van der Waals surface area contributed by atoms with E-state index < -0.39 is 0 Å². The molecule has 1 aromatic carbocycles. The minimum Gasteiger partial charge on any atom is -0.392 e. The summed E-state index contributed by atoms with van der Waals surface area (Å²) in [7, 11) is 0. The third-order valence-corrected chi connectivity index (χ3v) is 3.86. The first-order valence-electron chi connectivity index (χ1n) is 6.79. The first kappa shape index (κ1) is 12.9. The molecule has 0 fully saturated rings. The number of aliphatic hydroxyl groups excluding tert-OH is 1. The van der Waals surface area contributed by atoms with Crippen molar-refractivity contribution in [3.8, 4) is 0 Å². The van der Waals surface area contributed by atoms with Crippen LogP contribution in [0.4, 0.5) is 0 Å². The van der Waals surface area contributed by atoms with E-state index in [1.807, 2.05) is 18.3 Å². The minimum atomic E-state index is 0.0436. The molecule has 3 rings (SSSR count). The predicted molar refractivity (Wildman–Crippen MR) is 80.7 cm³/mol. The summed E-state index contributed by atoms with van der Waals surface area (Å²) in [5.41, 5.74) is 5.75. The molecule has 0 aliphatic carbocycles. The van der Waals surface area contributed by atoms with Crippen LogP contribution in [0.1, 0.15) is 22.3 Å². The van der Waals surface area contributed by atoms with Gasteiger partial charge >= 0.3 is 0 Å². The maximum Gasteiger partial charge on any atom is 0.140 e. The number of rotatable bonds is 3. The molecule has 3 heteroatoms. The van der Waals surface area contributed by atoms with Gasteiger partial charge in [-0.2, -0.15) is 0 Å². The highest BCUT2D eigenvalue weighted by Crippen LogP contribution is 2.22. The lowest BCUT2D eigenvalue weighted by molar-refractivity contribution is 0.283. The molecule has 3 nitrogen and oxygen atoms in total. The second-order valence-corrected chi connectivity index (χ2v) is 5.19. The molecule has 0 aliphatic rings. The highest BCUT2D eigenvalue weighted by Gasteiger charge is 2.10. The van der Waals surface area contributed by atoms with Crippen molar-refractivity contribution in [1.29, 1.82) is 0 Å². The molecule has 0 bridgehead atoms. The molecular formula is C17H18N2O. The van der Waals surface area contributed by atoms with Gasteiger partial charge in [-0.3, -0.25) is 0 Å². The number of fused-ring (bicyclic) bond motifs is 1. The second kappa shape index (κ2) is 5.10. The maximum atomic E-state index is 9.48. The summed E-state index contributed by atoms with van der Waals surface area (Å²) in [6.45, 7) is 5.09. The molecule has 0 spiro atoms. The number of pyridine rings is 1. The first-order chi connectivity index (χ1) is 9.70. The fraction of sp³-hybridized carbons (Fsp3) is 0.235. The van der Waals surface area contributed by atoms with Crippen LogP contribution in [-0.2, 0) is 13.2 Å². The Kier molecular flexibility index (Phi) is 3.28. The van der Waals surface area contributed by atoms with E-state index in [9.17, 15) is 5.11 Å². The van der Waals surface area contributed by atoms with Crippen molar-refractivity contribution in [2.24, 2.45) is 0 Å². The van der Waals surface area contributed by atoms with Crippen molar-refractivity contribution in [2.75, 3.05) is 0 Å². The normalized spacial score (nSPS) is 11.2. The zero-order valence-corrected chi connectivity index (χ0v) is 11.8. The monoisotopic (exact) mass is 266 g/mol. The maximum absolute atomic E-state index is 9.48. The van der Waals surface area contributed by atoms with Crippen LogP contribution in [0, 0.1) is 13.8 Å². The van der Waals surface area contributed by atoms with Gasteiger partial charge < -0.3 is 9.67 Å². The number of aliphatic hydroxyl groups is 1. The molecule has 0 saturated heterocycles. The van der Waals surface area contributed by atoms with E-state index in [0.29, 0.717) is 0 Å². The van der Waals surface area contributed by atoms with Crippen LogP contribution in [0.3, 0.4) is 0 Å². The van der Waals surface area contributed by atoms with Gasteiger partial charge in [0.15, 0.2) is 0 Å². The first-order valence-corrected chi connectivity index (χ1v) is 6.79. The van der Waals surface area contributed by atoms with Crippen molar-refractivity contribution >= 4 is 11.0 Å². The number of aryl methyl sites for hydroxylation is 2. The molecule has 0 atom stereocenters. The molecule has 0 radical (unpaired) electrons. The number of aromatic nitrogens is 2. The van der Waals surface area contributed by atoms with Crippen molar-refractivity contribution in [1.82, 2.24) is 9.55 Å². The molecule has 0 aliphatic heterocycles. The number of hydrogen-bond donors (Lipinski definition) is 1. The van der Waals surface area contributed by atoms with Gasteiger partial charge in [0.25, 0.3) is 0 Å². The summed E-state index contributed by atoms with van der Waals surface area (Å²) in [6.07, 6.45) is 3.80. The van der Waals surface area contributed by atoms with E-state index in [1.165, 1.54) is 16.7 Å². The highest BCUT2D eigenvalue weighted by molar-refractivity contribution is 5.80. The average molecular weight is 266 g/mol. The Morgan fingerprint density at radius 1 is 1.10 bits per heavy atom. The van der Waals surface area contributed by atoms with Gasteiger partial charge in [0.05, 0.1) is 6.61 Å². The summed E-state index contributed by atoms with van der Waals surface area (Å²) >= 11 is 0. The molecule has 0 unspecified atom stereocenters.